The Morgan fingerprint density at radius 2 is 1.55 bits per heavy atom. The van der Waals surface area contributed by atoms with Gasteiger partial charge in [-0.15, -0.1) is 6.58 Å². The zero-order chi connectivity index (χ0) is 16.4. The summed E-state index contributed by atoms with van der Waals surface area (Å²) in [7, 11) is 3.25. The molecule has 3 heteroatoms. The van der Waals surface area contributed by atoms with E-state index in [9.17, 15) is 9.90 Å². The molecule has 0 saturated heterocycles. The predicted octanol–water partition coefficient (Wildman–Crippen LogP) is 3.60. The molecule has 0 spiro atoms. The standard InChI is InChI=1S/C17H16O2.C2H6O/c1-2-13-17(19,15-11-7-4-8-12-15)16(18)14-9-5-3-6-10-14;1-3-2/h2-12,19H,1,13H2;1-2H3. The second-order valence-electron chi connectivity index (χ2n) is 4.82. The SMILES string of the molecule is C=CCC(O)(C(=O)c1ccccc1)c1ccccc1.COC. The number of carbonyl (C=O) groups excluding carboxylic acids is 1. The monoisotopic (exact) mass is 298 g/mol. The second-order valence-corrected chi connectivity index (χ2v) is 4.82. The van der Waals surface area contributed by atoms with Gasteiger partial charge in [-0.1, -0.05) is 66.7 Å². The van der Waals surface area contributed by atoms with Crippen LogP contribution in [0, 0.1) is 0 Å². The van der Waals surface area contributed by atoms with Crippen LogP contribution in [0.15, 0.2) is 73.3 Å². The van der Waals surface area contributed by atoms with Crippen LogP contribution in [0.4, 0.5) is 0 Å². The van der Waals surface area contributed by atoms with E-state index < -0.39 is 5.60 Å². The molecule has 0 bridgehead atoms. The van der Waals surface area contributed by atoms with Crippen LogP contribution in [-0.2, 0) is 10.3 Å². The summed E-state index contributed by atoms with van der Waals surface area (Å²) >= 11 is 0. The summed E-state index contributed by atoms with van der Waals surface area (Å²) in [5.41, 5.74) is -0.468. The number of benzene rings is 2. The van der Waals surface area contributed by atoms with Crippen molar-refractivity contribution in [1.29, 1.82) is 0 Å². The fraction of sp³-hybridized carbons (Fsp3) is 0.211. The van der Waals surface area contributed by atoms with Gasteiger partial charge in [0.15, 0.2) is 11.4 Å². The van der Waals surface area contributed by atoms with E-state index >= 15 is 0 Å². The number of hydrogen-bond acceptors (Lipinski definition) is 3. The van der Waals surface area contributed by atoms with Gasteiger partial charge in [0.2, 0.25) is 0 Å². The van der Waals surface area contributed by atoms with E-state index in [1.165, 1.54) is 0 Å². The van der Waals surface area contributed by atoms with Gasteiger partial charge in [-0.25, -0.2) is 0 Å². The van der Waals surface area contributed by atoms with Crippen molar-refractivity contribution in [2.75, 3.05) is 14.2 Å². The van der Waals surface area contributed by atoms with E-state index in [2.05, 4.69) is 11.3 Å². The van der Waals surface area contributed by atoms with E-state index in [0.717, 1.165) is 0 Å². The maximum Gasteiger partial charge on any atom is 0.199 e. The first-order chi connectivity index (χ1) is 10.6. The molecule has 0 aliphatic heterocycles. The van der Waals surface area contributed by atoms with Gasteiger partial charge in [-0.2, -0.15) is 0 Å². The summed E-state index contributed by atoms with van der Waals surface area (Å²) in [5.74, 6) is -0.306. The fourth-order valence-electron chi connectivity index (χ4n) is 2.09. The highest BCUT2D eigenvalue weighted by molar-refractivity contribution is 6.02. The molecule has 0 aromatic heterocycles. The first kappa shape index (κ1) is 17.8. The van der Waals surface area contributed by atoms with Gasteiger partial charge in [0, 0.05) is 26.2 Å². The zero-order valence-electron chi connectivity index (χ0n) is 13.0. The van der Waals surface area contributed by atoms with E-state index in [4.69, 9.17) is 0 Å². The van der Waals surface area contributed by atoms with Crippen LogP contribution >= 0.6 is 0 Å². The van der Waals surface area contributed by atoms with Gasteiger partial charge in [-0.3, -0.25) is 4.79 Å². The average molecular weight is 298 g/mol. The summed E-state index contributed by atoms with van der Waals surface area (Å²) < 4.78 is 4.25. The Hall–Kier alpha value is -2.23. The second kappa shape index (κ2) is 8.93. The highest BCUT2D eigenvalue weighted by Crippen LogP contribution is 2.29. The number of ketones is 1. The minimum atomic E-state index is -1.55. The summed E-state index contributed by atoms with van der Waals surface area (Å²) in [6.45, 7) is 3.64. The molecule has 0 amide bonds. The normalized spacial score (nSPS) is 12.5. The number of ether oxygens (including phenoxy) is 1. The molecule has 1 unspecified atom stereocenters. The first-order valence-corrected chi connectivity index (χ1v) is 6.99. The van der Waals surface area contributed by atoms with Crippen molar-refractivity contribution < 1.29 is 14.6 Å². The van der Waals surface area contributed by atoms with Crippen molar-refractivity contribution in [1.82, 2.24) is 0 Å². The molecular weight excluding hydrogens is 276 g/mol. The van der Waals surface area contributed by atoms with Gasteiger partial charge in [0.25, 0.3) is 0 Å². The number of methoxy groups -OCH3 is 1. The molecule has 1 N–H and O–H groups in total. The molecule has 0 fully saturated rings. The molecule has 2 aromatic rings. The minimum Gasteiger partial charge on any atom is -0.388 e. The number of rotatable bonds is 5. The fourth-order valence-corrected chi connectivity index (χ4v) is 2.09. The van der Waals surface area contributed by atoms with E-state index in [1.807, 2.05) is 24.3 Å². The molecule has 0 heterocycles. The minimum absolute atomic E-state index is 0.185. The lowest BCUT2D eigenvalue weighted by Crippen LogP contribution is -2.35. The highest BCUT2D eigenvalue weighted by atomic mass is 16.4. The lowest BCUT2D eigenvalue weighted by atomic mass is 9.83. The third kappa shape index (κ3) is 4.38. The third-order valence-electron chi connectivity index (χ3n) is 3.10. The van der Waals surface area contributed by atoms with Crippen LogP contribution in [0.5, 0.6) is 0 Å². The lowest BCUT2D eigenvalue weighted by molar-refractivity contribution is 0.0313. The Labute approximate surface area is 131 Å². The molecule has 2 aromatic carbocycles. The third-order valence-corrected chi connectivity index (χ3v) is 3.10. The molecule has 2 rings (SSSR count). The molecule has 0 aliphatic carbocycles. The molecule has 1 atom stereocenters. The summed E-state index contributed by atoms with van der Waals surface area (Å²) in [4.78, 5) is 12.6. The highest BCUT2D eigenvalue weighted by Gasteiger charge is 2.36. The maximum atomic E-state index is 12.6. The zero-order valence-corrected chi connectivity index (χ0v) is 13.0. The van der Waals surface area contributed by atoms with Crippen LogP contribution in [0.3, 0.4) is 0 Å². The van der Waals surface area contributed by atoms with Gasteiger partial charge >= 0.3 is 0 Å². The van der Waals surface area contributed by atoms with E-state index in [-0.39, 0.29) is 12.2 Å². The average Bonchev–Trinajstić information content (AvgIpc) is 2.56. The van der Waals surface area contributed by atoms with Crippen molar-refractivity contribution in [2.45, 2.75) is 12.0 Å². The Kier molecular flexibility index (Phi) is 7.23. The van der Waals surface area contributed by atoms with Gasteiger partial charge in [-0.05, 0) is 5.56 Å². The van der Waals surface area contributed by atoms with E-state index in [0.29, 0.717) is 11.1 Å². The van der Waals surface area contributed by atoms with Crippen LogP contribution < -0.4 is 0 Å². The van der Waals surface area contributed by atoms with Gasteiger partial charge in [0.05, 0.1) is 0 Å². The Bertz CT molecular complexity index is 578. The van der Waals surface area contributed by atoms with Crippen molar-refractivity contribution in [2.24, 2.45) is 0 Å². The number of hydrogen-bond donors (Lipinski definition) is 1. The predicted molar refractivity (Wildman–Crippen MR) is 88.9 cm³/mol. The quantitative estimate of drug-likeness (QED) is 0.677. The van der Waals surface area contributed by atoms with Crippen LogP contribution in [0.1, 0.15) is 22.3 Å². The maximum absolute atomic E-state index is 12.6. The molecule has 0 saturated carbocycles. The van der Waals surface area contributed by atoms with Crippen LogP contribution in [0.2, 0.25) is 0 Å². The summed E-state index contributed by atoms with van der Waals surface area (Å²) in [6, 6.07) is 17.8. The van der Waals surface area contributed by atoms with Crippen molar-refractivity contribution in [3.63, 3.8) is 0 Å². The largest absolute Gasteiger partial charge is 0.388 e. The number of Topliss-reactive ketones (excluding diaryl/α,β-unsaturated/α-hetero) is 1. The molecule has 3 nitrogen and oxygen atoms in total. The summed E-state index contributed by atoms with van der Waals surface area (Å²) in [5, 5.41) is 10.8. The van der Waals surface area contributed by atoms with Crippen molar-refractivity contribution in [3.8, 4) is 0 Å². The topological polar surface area (TPSA) is 46.5 Å². The Morgan fingerprint density at radius 3 is 2.00 bits per heavy atom. The molecule has 22 heavy (non-hydrogen) atoms. The molecule has 0 radical (unpaired) electrons. The molecular formula is C19H22O3. The molecule has 0 aliphatic rings. The van der Waals surface area contributed by atoms with Crippen LogP contribution in [0.25, 0.3) is 0 Å². The van der Waals surface area contributed by atoms with Gasteiger partial charge in [0.1, 0.15) is 0 Å². The Balaban J connectivity index is 0.000000745. The lowest BCUT2D eigenvalue weighted by Gasteiger charge is -2.26. The smallest absolute Gasteiger partial charge is 0.199 e. The van der Waals surface area contributed by atoms with Crippen LogP contribution in [-0.4, -0.2) is 25.1 Å². The van der Waals surface area contributed by atoms with Gasteiger partial charge < -0.3 is 9.84 Å². The number of aliphatic hydroxyl groups is 1. The Morgan fingerprint density at radius 1 is 1.09 bits per heavy atom. The summed E-state index contributed by atoms with van der Waals surface area (Å²) in [6.07, 6.45) is 1.75. The van der Waals surface area contributed by atoms with Crippen molar-refractivity contribution in [3.05, 3.63) is 84.4 Å². The van der Waals surface area contributed by atoms with E-state index in [1.54, 1.807) is 56.7 Å². The van der Waals surface area contributed by atoms with Crippen molar-refractivity contribution >= 4 is 5.78 Å². The first-order valence-electron chi connectivity index (χ1n) is 6.99. The molecule has 116 valence electrons. The number of carbonyl (C=O) groups is 1.